The number of carbonyl (C=O) groups is 1. The molecule has 1 aliphatic carbocycles. The van der Waals surface area contributed by atoms with Crippen molar-refractivity contribution in [3.05, 3.63) is 52.4 Å². The lowest BCUT2D eigenvalue weighted by Crippen LogP contribution is -2.48. The normalized spacial score (nSPS) is 23.7. The summed E-state index contributed by atoms with van der Waals surface area (Å²) in [6, 6.07) is 9.83. The number of nitrogens with zero attached hydrogens (tertiary/aromatic N) is 3. The Labute approximate surface area is 152 Å². The molecule has 6 heteroatoms. The zero-order valence-electron chi connectivity index (χ0n) is 14.3. The molecule has 2 atom stereocenters. The molecule has 1 aliphatic heterocycles. The van der Waals surface area contributed by atoms with E-state index in [1.54, 1.807) is 0 Å². The van der Waals surface area contributed by atoms with Crippen molar-refractivity contribution < 1.29 is 9.32 Å². The van der Waals surface area contributed by atoms with E-state index in [-0.39, 0.29) is 17.7 Å². The SMILES string of the molecule is Cc1cc(CN2CCN(C(=O)C3CC3c3ccccc3Cl)CC2)on1. The molecule has 2 heterocycles. The summed E-state index contributed by atoms with van der Waals surface area (Å²) in [7, 11) is 0. The van der Waals surface area contributed by atoms with Gasteiger partial charge in [0.05, 0.1) is 12.2 Å². The molecule has 1 saturated carbocycles. The first-order chi connectivity index (χ1) is 12.1. The van der Waals surface area contributed by atoms with Crippen LogP contribution in [-0.2, 0) is 11.3 Å². The minimum Gasteiger partial charge on any atom is -0.360 e. The molecule has 0 N–H and O–H groups in total. The Balaban J connectivity index is 1.30. The highest BCUT2D eigenvalue weighted by atomic mass is 35.5. The minimum absolute atomic E-state index is 0.100. The van der Waals surface area contributed by atoms with Crippen LogP contribution in [-0.4, -0.2) is 47.0 Å². The number of hydrogen-bond donors (Lipinski definition) is 0. The smallest absolute Gasteiger partial charge is 0.226 e. The molecule has 25 heavy (non-hydrogen) atoms. The average Bonchev–Trinajstić information content (AvgIpc) is 3.31. The van der Waals surface area contributed by atoms with Gasteiger partial charge < -0.3 is 9.42 Å². The minimum atomic E-state index is 0.100. The number of piperazine rings is 1. The molecule has 2 fully saturated rings. The summed E-state index contributed by atoms with van der Waals surface area (Å²) in [5, 5.41) is 4.70. The van der Waals surface area contributed by atoms with E-state index in [9.17, 15) is 4.79 Å². The van der Waals surface area contributed by atoms with Gasteiger partial charge >= 0.3 is 0 Å². The number of hydrogen-bond acceptors (Lipinski definition) is 4. The van der Waals surface area contributed by atoms with Gasteiger partial charge in [0.1, 0.15) is 0 Å². The monoisotopic (exact) mass is 359 g/mol. The van der Waals surface area contributed by atoms with E-state index < -0.39 is 0 Å². The Morgan fingerprint density at radius 2 is 2.04 bits per heavy atom. The summed E-state index contributed by atoms with van der Waals surface area (Å²) in [5.74, 6) is 1.55. The third-order valence-electron chi connectivity index (χ3n) is 5.15. The number of amides is 1. The van der Waals surface area contributed by atoms with Gasteiger partial charge in [-0.15, -0.1) is 0 Å². The van der Waals surface area contributed by atoms with E-state index in [1.165, 1.54) is 0 Å². The molecule has 1 aromatic heterocycles. The van der Waals surface area contributed by atoms with Gasteiger partial charge in [-0.1, -0.05) is 35.0 Å². The number of rotatable bonds is 4. The predicted octanol–water partition coefficient (Wildman–Crippen LogP) is 3.08. The van der Waals surface area contributed by atoms with Crippen LogP contribution in [0.5, 0.6) is 0 Å². The molecule has 1 aromatic carbocycles. The first-order valence-electron chi connectivity index (χ1n) is 8.79. The van der Waals surface area contributed by atoms with Crippen molar-refractivity contribution in [1.29, 1.82) is 0 Å². The van der Waals surface area contributed by atoms with Gasteiger partial charge in [-0.25, -0.2) is 0 Å². The average molecular weight is 360 g/mol. The van der Waals surface area contributed by atoms with Crippen LogP contribution in [0.1, 0.15) is 29.4 Å². The number of carbonyl (C=O) groups excluding carboxylic acids is 1. The highest BCUT2D eigenvalue weighted by Gasteiger charge is 2.46. The van der Waals surface area contributed by atoms with Crippen molar-refractivity contribution in [3.8, 4) is 0 Å². The van der Waals surface area contributed by atoms with Gasteiger partial charge in [-0.05, 0) is 30.9 Å². The number of aryl methyl sites for hydroxylation is 1. The number of benzene rings is 1. The van der Waals surface area contributed by atoms with Crippen molar-refractivity contribution >= 4 is 17.5 Å². The molecule has 2 aliphatic rings. The molecule has 0 spiro atoms. The second kappa shape index (κ2) is 6.81. The van der Waals surface area contributed by atoms with E-state index in [0.29, 0.717) is 0 Å². The largest absolute Gasteiger partial charge is 0.360 e. The van der Waals surface area contributed by atoms with E-state index >= 15 is 0 Å². The second-order valence-electron chi connectivity index (χ2n) is 7.01. The molecule has 132 valence electrons. The van der Waals surface area contributed by atoms with Crippen molar-refractivity contribution in [2.45, 2.75) is 25.8 Å². The summed E-state index contributed by atoms with van der Waals surface area (Å²) in [6.45, 7) is 5.97. The van der Waals surface area contributed by atoms with E-state index in [4.69, 9.17) is 16.1 Å². The van der Waals surface area contributed by atoms with Crippen molar-refractivity contribution in [2.24, 2.45) is 5.92 Å². The van der Waals surface area contributed by atoms with Crippen LogP contribution >= 0.6 is 11.6 Å². The highest BCUT2D eigenvalue weighted by Crippen LogP contribution is 2.50. The van der Waals surface area contributed by atoms with E-state index in [1.807, 2.05) is 42.2 Å². The van der Waals surface area contributed by atoms with Gasteiger partial charge in [-0.3, -0.25) is 9.69 Å². The molecule has 1 saturated heterocycles. The van der Waals surface area contributed by atoms with Crippen molar-refractivity contribution in [2.75, 3.05) is 26.2 Å². The van der Waals surface area contributed by atoms with Crippen LogP contribution in [0.15, 0.2) is 34.9 Å². The Kier molecular flexibility index (Phi) is 4.52. The summed E-state index contributed by atoms with van der Waals surface area (Å²) in [5.41, 5.74) is 2.02. The van der Waals surface area contributed by atoms with Crippen LogP contribution in [0.25, 0.3) is 0 Å². The van der Waals surface area contributed by atoms with Gasteiger partial charge in [0.15, 0.2) is 5.76 Å². The van der Waals surface area contributed by atoms with Crippen LogP contribution < -0.4 is 0 Å². The van der Waals surface area contributed by atoms with Crippen molar-refractivity contribution in [1.82, 2.24) is 15.0 Å². The van der Waals surface area contributed by atoms with Crippen LogP contribution in [0.4, 0.5) is 0 Å². The Morgan fingerprint density at radius 3 is 2.72 bits per heavy atom. The topological polar surface area (TPSA) is 49.6 Å². The maximum absolute atomic E-state index is 12.8. The summed E-state index contributed by atoms with van der Waals surface area (Å²) in [4.78, 5) is 17.1. The third-order valence-corrected chi connectivity index (χ3v) is 5.50. The molecule has 0 bridgehead atoms. The zero-order chi connectivity index (χ0) is 17.4. The lowest BCUT2D eigenvalue weighted by molar-refractivity contribution is -0.134. The van der Waals surface area contributed by atoms with Gasteiger partial charge in [-0.2, -0.15) is 0 Å². The number of aromatic nitrogens is 1. The van der Waals surface area contributed by atoms with E-state index in [0.717, 1.165) is 61.2 Å². The van der Waals surface area contributed by atoms with Crippen LogP contribution in [0, 0.1) is 12.8 Å². The first-order valence-corrected chi connectivity index (χ1v) is 9.17. The van der Waals surface area contributed by atoms with E-state index in [2.05, 4.69) is 10.1 Å². The molecule has 5 nitrogen and oxygen atoms in total. The fourth-order valence-electron chi connectivity index (χ4n) is 3.66. The first kappa shape index (κ1) is 16.6. The molecule has 2 unspecified atom stereocenters. The maximum atomic E-state index is 12.8. The summed E-state index contributed by atoms with van der Waals surface area (Å²) < 4.78 is 5.28. The van der Waals surface area contributed by atoms with Crippen LogP contribution in [0.3, 0.4) is 0 Å². The molecule has 4 rings (SSSR count). The summed E-state index contributed by atoms with van der Waals surface area (Å²) >= 11 is 6.27. The Bertz CT molecular complexity index is 768. The fourth-order valence-corrected chi connectivity index (χ4v) is 3.94. The van der Waals surface area contributed by atoms with Gasteiger partial charge in [0.25, 0.3) is 0 Å². The standard InChI is InChI=1S/C19H22ClN3O2/c1-13-10-14(25-21-13)12-22-6-8-23(9-7-22)19(24)17-11-16(17)15-4-2-3-5-18(15)20/h2-5,10,16-17H,6-9,11-12H2,1H3. The number of halogens is 1. The highest BCUT2D eigenvalue weighted by molar-refractivity contribution is 6.31. The molecule has 0 radical (unpaired) electrons. The summed E-state index contributed by atoms with van der Waals surface area (Å²) in [6.07, 6.45) is 0.917. The molecule has 2 aromatic rings. The van der Waals surface area contributed by atoms with Crippen molar-refractivity contribution in [3.63, 3.8) is 0 Å². The quantitative estimate of drug-likeness (QED) is 0.841. The fraction of sp³-hybridized carbons (Fsp3) is 0.474. The second-order valence-corrected chi connectivity index (χ2v) is 7.41. The lowest BCUT2D eigenvalue weighted by atomic mass is 10.1. The lowest BCUT2D eigenvalue weighted by Gasteiger charge is -2.34. The third kappa shape index (κ3) is 3.58. The molecular weight excluding hydrogens is 338 g/mol. The Morgan fingerprint density at radius 1 is 1.28 bits per heavy atom. The maximum Gasteiger partial charge on any atom is 0.226 e. The predicted molar refractivity (Wildman–Crippen MR) is 95.4 cm³/mol. The van der Waals surface area contributed by atoms with Crippen LogP contribution in [0.2, 0.25) is 5.02 Å². The molecule has 1 amide bonds. The molecular formula is C19H22ClN3O2. The Hall–Kier alpha value is -1.85. The van der Waals surface area contributed by atoms with Gasteiger partial charge in [0.2, 0.25) is 5.91 Å². The van der Waals surface area contributed by atoms with Gasteiger partial charge in [0, 0.05) is 43.2 Å². The zero-order valence-corrected chi connectivity index (χ0v) is 15.1.